The second-order valence-corrected chi connectivity index (χ2v) is 5.63. The molecule has 0 unspecified atom stereocenters. The molecule has 0 aliphatic carbocycles. The maximum absolute atomic E-state index is 5.24. The first-order valence-electron chi connectivity index (χ1n) is 6.27. The molecule has 1 aromatic heterocycles. The number of rotatable bonds is 3. The van der Waals surface area contributed by atoms with Crippen molar-refractivity contribution in [3.8, 4) is 11.4 Å². The smallest absolute Gasteiger partial charge is 0.216 e. The first-order valence-corrected chi connectivity index (χ1v) is 7.47. The number of benzene rings is 2. The minimum atomic E-state index is 0.458. The molecule has 0 aliphatic heterocycles. The van der Waals surface area contributed by atoms with Crippen LogP contribution in [0, 0.1) is 4.77 Å². The molecule has 3 rings (SSSR count). The van der Waals surface area contributed by atoms with Crippen LogP contribution in [0.25, 0.3) is 11.4 Å². The molecule has 2 aromatic carbocycles. The first-order chi connectivity index (χ1) is 10.2. The maximum atomic E-state index is 5.24. The third kappa shape index (κ3) is 3.17. The lowest BCUT2D eigenvalue weighted by Crippen LogP contribution is -1.94. The van der Waals surface area contributed by atoms with E-state index < -0.39 is 0 Å². The van der Waals surface area contributed by atoms with Gasteiger partial charge in [-0.3, -0.25) is 0 Å². The summed E-state index contributed by atoms with van der Waals surface area (Å²) in [7, 11) is 0. The Morgan fingerprint density at radius 2 is 1.81 bits per heavy atom. The molecule has 0 saturated carbocycles. The molecule has 0 radical (unpaired) electrons. The van der Waals surface area contributed by atoms with Crippen molar-refractivity contribution in [3.63, 3.8) is 0 Å². The van der Waals surface area contributed by atoms with E-state index in [1.54, 1.807) is 10.9 Å². The van der Waals surface area contributed by atoms with Gasteiger partial charge in [0.25, 0.3) is 0 Å². The number of halogens is 1. The van der Waals surface area contributed by atoms with Crippen LogP contribution in [0.2, 0.25) is 0 Å². The van der Waals surface area contributed by atoms with E-state index in [9.17, 15) is 0 Å². The van der Waals surface area contributed by atoms with Gasteiger partial charge in [0, 0.05) is 10.0 Å². The third-order valence-corrected chi connectivity index (χ3v) is 3.67. The number of aromatic nitrogens is 3. The summed E-state index contributed by atoms with van der Waals surface area (Å²) in [6.07, 6.45) is 1.76. The number of nitrogens with zero attached hydrogens (tertiary/aromatic N) is 3. The van der Waals surface area contributed by atoms with Gasteiger partial charge in [0.1, 0.15) is 0 Å². The molecule has 6 heteroatoms. The Morgan fingerprint density at radius 3 is 2.52 bits per heavy atom. The highest BCUT2D eigenvalue weighted by molar-refractivity contribution is 9.10. The van der Waals surface area contributed by atoms with Gasteiger partial charge in [0.05, 0.1) is 6.21 Å². The predicted molar refractivity (Wildman–Crippen MR) is 90.0 cm³/mol. The molecule has 3 aromatic rings. The Hall–Kier alpha value is -2.05. The highest BCUT2D eigenvalue weighted by Crippen LogP contribution is 2.20. The summed E-state index contributed by atoms with van der Waals surface area (Å²) in [6, 6.07) is 17.7. The van der Waals surface area contributed by atoms with E-state index in [0.717, 1.165) is 15.6 Å². The lowest BCUT2D eigenvalue weighted by molar-refractivity contribution is 0.871. The normalized spacial score (nSPS) is 11.1. The highest BCUT2D eigenvalue weighted by atomic mass is 79.9. The van der Waals surface area contributed by atoms with Crippen LogP contribution in [0.5, 0.6) is 0 Å². The van der Waals surface area contributed by atoms with Gasteiger partial charge in [0.15, 0.2) is 5.82 Å². The molecule has 104 valence electrons. The van der Waals surface area contributed by atoms with Crippen LogP contribution < -0.4 is 0 Å². The summed E-state index contributed by atoms with van der Waals surface area (Å²) in [6.45, 7) is 0. The van der Waals surface area contributed by atoms with Crippen molar-refractivity contribution in [1.82, 2.24) is 14.9 Å². The Balaban J connectivity index is 2.00. The first kappa shape index (κ1) is 13.9. The molecule has 0 aliphatic rings. The van der Waals surface area contributed by atoms with E-state index >= 15 is 0 Å². The Bertz CT molecular complexity index is 819. The van der Waals surface area contributed by atoms with Crippen LogP contribution in [0.15, 0.2) is 64.2 Å². The lowest BCUT2D eigenvalue weighted by atomic mass is 10.2. The summed E-state index contributed by atoms with van der Waals surface area (Å²) < 4.78 is 3.09. The molecule has 0 atom stereocenters. The van der Waals surface area contributed by atoms with Crippen molar-refractivity contribution in [3.05, 3.63) is 69.4 Å². The molecule has 0 spiro atoms. The van der Waals surface area contributed by atoms with Crippen molar-refractivity contribution in [1.29, 1.82) is 0 Å². The van der Waals surface area contributed by atoms with E-state index in [2.05, 4.69) is 31.2 Å². The average Bonchev–Trinajstić information content (AvgIpc) is 2.88. The van der Waals surface area contributed by atoms with Gasteiger partial charge < -0.3 is 0 Å². The second-order valence-electron chi connectivity index (χ2n) is 4.33. The van der Waals surface area contributed by atoms with Crippen molar-refractivity contribution < 1.29 is 0 Å². The molecule has 0 saturated heterocycles. The summed E-state index contributed by atoms with van der Waals surface area (Å²) in [5.41, 5.74) is 1.94. The number of H-pyrrole nitrogens is 1. The van der Waals surface area contributed by atoms with Crippen LogP contribution in [-0.2, 0) is 0 Å². The van der Waals surface area contributed by atoms with Gasteiger partial charge in [-0.25, -0.2) is 5.10 Å². The molecule has 0 bridgehead atoms. The van der Waals surface area contributed by atoms with Gasteiger partial charge in [-0.2, -0.15) is 14.9 Å². The van der Waals surface area contributed by atoms with E-state index in [1.165, 1.54) is 0 Å². The zero-order valence-electron chi connectivity index (χ0n) is 10.9. The van der Waals surface area contributed by atoms with Crippen molar-refractivity contribution in [2.75, 3.05) is 0 Å². The molecule has 1 heterocycles. The number of aromatic amines is 1. The van der Waals surface area contributed by atoms with Crippen LogP contribution >= 0.6 is 28.1 Å². The number of hydrogen-bond donors (Lipinski definition) is 1. The summed E-state index contributed by atoms with van der Waals surface area (Å²) in [5.74, 6) is 0.680. The highest BCUT2D eigenvalue weighted by Gasteiger charge is 2.07. The van der Waals surface area contributed by atoms with E-state index in [0.29, 0.717) is 10.6 Å². The van der Waals surface area contributed by atoms with Crippen LogP contribution in [0.1, 0.15) is 5.56 Å². The standard InChI is InChI=1S/C15H11BrN4S/c16-13-8-6-12(7-9-13)14-18-19-15(21)20(14)17-10-11-4-2-1-3-5-11/h1-10H,(H,19,21). The number of hydrogen-bond acceptors (Lipinski definition) is 3. The fraction of sp³-hybridized carbons (Fsp3) is 0. The van der Waals surface area contributed by atoms with Crippen LogP contribution in [0.3, 0.4) is 0 Å². The Labute approximate surface area is 135 Å². The predicted octanol–water partition coefficient (Wildman–Crippen LogP) is 4.25. The molecular formula is C15H11BrN4S. The van der Waals surface area contributed by atoms with Gasteiger partial charge in [0.2, 0.25) is 4.77 Å². The van der Waals surface area contributed by atoms with E-state index in [-0.39, 0.29) is 0 Å². The van der Waals surface area contributed by atoms with Gasteiger partial charge >= 0.3 is 0 Å². The van der Waals surface area contributed by atoms with Gasteiger partial charge in [-0.05, 0) is 29.9 Å². The largest absolute Gasteiger partial charge is 0.250 e. The quantitative estimate of drug-likeness (QED) is 0.561. The average molecular weight is 359 g/mol. The fourth-order valence-electron chi connectivity index (χ4n) is 1.85. The Kier molecular flexibility index (Phi) is 4.08. The maximum Gasteiger partial charge on any atom is 0.216 e. The minimum absolute atomic E-state index is 0.458. The lowest BCUT2D eigenvalue weighted by Gasteiger charge is -2.01. The van der Waals surface area contributed by atoms with Crippen molar-refractivity contribution >= 4 is 34.4 Å². The Morgan fingerprint density at radius 1 is 1.10 bits per heavy atom. The summed E-state index contributed by atoms with van der Waals surface area (Å²) in [5, 5.41) is 11.4. The van der Waals surface area contributed by atoms with E-state index in [4.69, 9.17) is 12.2 Å². The molecule has 21 heavy (non-hydrogen) atoms. The van der Waals surface area contributed by atoms with E-state index in [1.807, 2.05) is 54.6 Å². The second kappa shape index (κ2) is 6.15. The zero-order chi connectivity index (χ0) is 14.7. The van der Waals surface area contributed by atoms with Crippen molar-refractivity contribution in [2.24, 2.45) is 5.10 Å². The molecular weight excluding hydrogens is 348 g/mol. The van der Waals surface area contributed by atoms with Crippen LogP contribution in [0.4, 0.5) is 0 Å². The number of nitrogens with one attached hydrogen (secondary N) is 1. The zero-order valence-corrected chi connectivity index (χ0v) is 13.3. The third-order valence-electron chi connectivity index (χ3n) is 2.87. The molecule has 0 fully saturated rings. The van der Waals surface area contributed by atoms with Crippen LogP contribution in [-0.4, -0.2) is 21.1 Å². The molecule has 0 amide bonds. The van der Waals surface area contributed by atoms with Gasteiger partial charge in [-0.15, -0.1) is 0 Å². The SMILES string of the molecule is S=c1[nH]nc(-c2ccc(Br)cc2)n1N=Cc1ccccc1. The molecule has 4 nitrogen and oxygen atoms in total. The van der Waals surface area contributed by atoms with Gasteiger partial charge in [-0.1, -0.05) is 58.4 Å². The monoisotopic (exact) mass is 358 g/mol. The summed E-state index contributed by atoms with van der Waals surface area (Å²) >= 11 is 8.65. The topological polar surface area (TPSA) is 46.0 Å². The molecule has 1 N–H and O–H groups in total. The van der Waals surface area contributed by atoms with Crippen molar-refractivity contribution in [2.45, 2.75) is 0 Å². The summed E-state index contributed by atoms with van der Waals surface area (Å²) in [4.78, 5) is 0. The minimum Gasteiger partial charge on any atom is -0.250 e. The fourth-order valence-corrected chi connectivity index (χ4v) is 2.29.